The van der Waals surface area contributed by atoms with Crippen LogP contribution in [0.1, 0.15) is 26.3 Å². The SMILES string of the molecule is Cn1nnnc1SCC1(C(=O)O)CS[C@@H]2C(NC(=O)C(=NOCC(=O)OC(C)(C)C)c3ccc(O)c(Cl)c3)C(=O)N2C1. The van der Waals surface area contributed by atoms with E-state index in [4.69, 9.17) is 21.2 Å². The Morgan fingerprint density at radius 1 is 1.33 bits per heavy atom. The Kier molecular flexibility index (Phi) is 9.22. The molecular formula is C24H28ClN7O8S2. The molecule has 0 bridgehead atoms. The van der Waals surface area contributed by atoms with E-state index in [1.807, 2.05) is 0 Å². The van der Waals surface area contributed by atoms with Gasteiger partial charge in [0.15, 0.2) is 5.71 Å². The van der Waals surface area contributed by atoms with Gasteiger partial charge in [-0.1, -0.05) is 28.5 Å². The standard InChI is InChI=1S/C24H28ClN7O8S2/c1-23(2,3)40-15(34)8-39-28-16(12-5-6-14(33)13(25)7-12)18(35)26-17-19(36)32-9-24(21(37)38,10-41-20(17)32)11-42-22-27-29-30-31(22)4/h5-7,17,20,33H,8-11H2,1-4H3,(H,26,35)(H,37,38)/t17?,20-,24?/m1/s1. The number of ether oxygens (including phenoxy) is 1. The molecule has 3 N–H and O–H groups in total. The second-order valence-corrected chi connectivity index (χ2v) is 13.0. The molecule has 0 radical (unpaired) electrons. The number of carbonyl (C=O) groups is 4. The maximum atomic E-state index is 13.3. The van der Waals surface area contributed by atoms with Gasteiger partial charge in [0.25, 0.3) is 5.91 Å². The molecule has 2 saturated heterocycles. The summed E-state index contributed by atoms with van der Waals surface area (Å²) in [5.41, 5.74) is -2.17. The van der Waals surface area contributed by atoms with Gasteiger partial charge in [-0.2, -0.15) is 0 Å². The number of phenolic OH excluding ortho intramolecular Hbond substituents is 1. The number of fused-ring (bicyclic) bond motifs is 1. The summed E-state index contributed by atoms with van der Waals surface area (Å²) in [6.45, 7) is 4.40. The minimum absolute atomic E-state index is 0.0585. The summed E-state index contributed by atoms with van der Waals surface area (Å²) in [4.78, 5) is 57.3. The molecule has 0 spiro atoms. The Hall–Kier alpha value is -3.57. The third-order valence-electron chi connectivity index (χ3n) is 6.14. The molecule has 18 heteroatoms. The van der Waals surface area contributed by atoms with Gasteiger partial charge in [0.2, 0.25) is 17.7 Å². The first-order chi connectivity index (χ1) is 19.7. The van der Waals surface area contributed by atoms with Crippen molar-refractivity contribution in [3.63, 3.8) is 0 Å². The summed E-state index contributed by atoms with van der Waals surface area (Å²) < 4.78 is 6.60. The minimum Gasteiger partial charge on any atom is -0.506 e. The van der Waals surface area contributed by atoms with E-state index in [0.717, 1.165) is 0 Å². The van der Waals surface area contributed by atoms with Crippen molar-refractivity contribution in [1.29, 1.82) is 0 Å². The molecule has 15 nitrogen and oxygen atoms in total. The lowest BCUT2D eigenvalue weighted by molar-refractivity contribution is -0.160. The molecular weight excluding hydrogens is 614 g/mol. The van der Waals surface area contributed by atoms with Crippen molar-refractivity contribution in [3.8, 4) is 5.75 Å². The van der Waals surface area contributed by atoms with Crippen molar-refractivity contribution in [2.24, 2.45) is 17.6 Å². The van der Waals surface area contributed by atoms with Gasteiger partial charge >= 0.3 is 11.9 Å². The molecule has 4 rings (SSSR count). The first kappa shape index (κ1) is 31.4. The molecule has 2 aromatic rings. The first-order valence-electron chi connectivity index (χ1n) is 12.4. The third kappa shape index (κ3) is 6.90. The lowest BCUT2D eigenvalue weighted by Crippen LogP contribution is -2.74. The van der Waals surface area contributed by atoms with Gasteiger partial charge < -0.3 is 30.0 Å². The zero-order valence-electron chi connectivity index (χ0n) is 22.9. The number of aliphatic carboxylic acids is 1. The Morgan fingerprint density at radius 3 is 2.69 bits per heavy atom. The number of hydrogen-bond donors (Lipinski definition) is 3. The molecule has 2 unspecified atom stereocenters. The van der Waals surface area contributed by atoms with Crippen LogP contribution in [0.15, 0.2) is 28.5 Å². The number of phenols is 1. The Bertz CT molecular complexity index is 1430. The molecule has 226 valence electrons. The van der Waals surface area contributed by atoms with Crippen LogP contribution in [0.25, 0.3) is 0 Å². The minimum atomic E-state index is -1.26. The van der Waals surface area contributed by atoms with Crippen LogP contribution in [0, 0.1) is 5.41 Å². The Morgan fingerprint density at radius 2 is 2.07 bits per heavy atom. The van der Waals surface area contributed by atoms with E-state index in [1.54, 1.807) is 27.8 Å². The number of nitrogens with zero attached hydrogens (tertiary/aromatic N) is 6. The average molecular weight is 642 g/mol. The molecule has 3 atom stereocenters. The maximum Gasteiger partial charge on any atom is 0.347 e. The van der Waals surface area contributed by atoms with Crippen LogP contribution in [-0.4, -0.2) is 106 Å². The van der Waals surface area contributed by atoms with Gasteiger partial charge in [-0.15, -0.1) is 16.9 Å². The number of halogens is 1. The second-order valence-electron chi connectivity index (χ2n) is 10.5. The molecule has 0 aliphatic carbocycles. The highest BCUT2D eigenvalue weighted by Crippen LogP contribution is 2.44. The van der Waals surface area contributed by atoms with Crippen molar-refractivity contribution in [1.82, 2.24) is 30.4 Å². The summed E-state index contributed by atoms with van der Waals surface area (Å²) >= 11 is 8.43. The number of β-lactam (4-membered cyclic amide) rings is 1. The highest BCUT2D eigenvalue weighted by molar-refractivity contribution is 8.00. The lowest BCUT2D eigenvalue weighted by Gasteiger charge is -2.53. The van der Waals surface area contributed by atoms with E-state index in [0.29, 0.717) is 5.16 Å². The van der Waals surface area contributed by atoms with Crippen LogP contribution in [-0.2, 0) is 35.8 Å². The van der Waals surface area contributed by atoms with E-state index < -0.39 is 52.8 Å². The normalized spacial score (nSPS) is 22.2. The van der Waals surface area contributed by atoms with E-state index in [9.17, 15) is 29.4 Å². The van der Waals surface area contributed by atoms with Crippen molar-refractivity contribution in [3.05, 3.63) is 28.8 Å². The zero-order chi connectivity index (χ0) is 30.8. The summed E-state index contributed by atoms with van der Waals surface area (Å²) in [7, 11) is 1.64. The number of thioether (sulfide) groups is 2. The number of carboxylic acids is 1. The molecule has 2 aliphatic heterocycles. The zero-order valence-corrected chi connectivity index (χ0v) is 25.3. The number of carboxylic acid groups (broad SMARTS) is 1. The average Bonchev–Trinajstić information content (AvgIpc) is 3.33. The van der Waals surface area contributed by atoms with Gasteiger partial charge in [0.1, 0.15) is 28.2 Å². The molecule has 2 fully saturated rings. The number of aromatic hydroxyl groups is 1. The number of hydrogen-bond acceptors (Lipinski definition) is 13. The number of esters is 1. The number of oxime groups is 1. The van der Waals surface area contributed by atoms with Crippen LogP contribution in [0.5, 0.6) is 5.75 Å². The maximum absolute atomic E-state index is 13.3. The Labute approximate surface area is 253 Å². The van der Waals surface area contributed by atoms with Crippen molar-refractivity contribution < 1.29 is 39.0 Å². The number of aryl methyl sites for hydroxylation is 1. The topological polar surface area (TPSA) is 198 Å². The van der Waals surface area contributed by atoms with Crippen LogP contribution in [0.2, 0.25) is 5.02 Å². The highest BCUT2D eigenvalue weighted by atomic mass is 35.5. The number of aromatic nitrogens is 4. The van der Waals surface area contributed by atoms with Crippen molar-refractivity contribution >= 4 is 64.6 Å². The molecule has 3 heterocycles. The molecule has 2 aliphatic rings. The first-order valence-corrected chi connectivity index (χ1v) is 14.8. The van der Waals surface area contributed by atoms with Gasteiger partial charge in [-0.05, 0) is 49.4 Å². The predicted octanol–water partition coefficient (Wildman–Crippen LogP) is 0.895. The summed E-state index contributed by atoms with van der Waals surface area (Å²) in [6.07, 6.45) is 0. The van der Waals surface area contributed by atoms with Gasteiger partial charge in [0.05, 0.1) is 5.02 Å². The molecule has 2 amide bonds. The van der Waals surface area contributed by atoms with Crippen LogP contribution in [0.3, 0.4) is 0 Å². The van der Waals surface area contributed by atoms with Crippen molar-refractivity contribution in [2.45, 2.75) is 42.9 Å². The monoisotopic (exact) mass is 641 g/mol. The van der Waals surface area contributed by atoms with Gasteiger partial charge in [-0.25, -0.2) is 9.48 Å². The smallest absolute Gasteiger partial charge is 0.347 e. The fourth-order valence-corrected chi connectivity index (χ4v) is 6.95. The van der Waals surface area contributed by atoms with Crippen LogP contribution < -0.4 is 5.32 Å². The van der Waals surface area contributed by atoms with Crippen LogP contribution >= 0.6 is 35.1 Å². The lowest BCUT2D eigenvalue weighted by atomic mass is 9.89. The Balaban J connectivity index is 1.46. The predicted molar refractivity (Wildman–Crippen MR) is 151 cm³/mol. The highest BCUT2D eigenvalue weighted by Gasteiger charge is 2.57. The summed E-state index contributed by atoms with van der Waals surface area (Å²) in [6, 6.07) is 2.93. The fraction of sp³-hybridized carbons (Fsp3) is 0.500. The molecule has 1 aromatic carbocycles. The molecule has 1 aromatic heterocycles. The second kappa shape index (κ2) is 12.3. The number of nitrogens with one attached hydrogen (secondary N) is 1. The number of benzene rings is 1. The largest absolute Gasteiger partial charge is 0.506 e. The third-order valence-corrected chi connectivity index (χ3v) is 9.33. The van der Waals surface area contributed by atoms with Crippen molar-refractivity contribution in [2.75, 3.05) is 24.7 Å². The number of tetrazole rings is 1. The molecule has 0 saturated carbocycles. The van der Waals surface area contributed by atoms with Gasteiger partial charge in [-0.3, -0.25) is 14.4 Å². The number of rotatable bonds is 10. The fourth-order valence-electron chi connectivity index (χ4n) is 4.06. The molecule has 42 heavy (non-hydrogen) atoms. The van der Waals surface area contributed by atoms with E-state index >= 15 is 0 Å². The number of carbonyl (C=O) groups excluding carboxylic acids is 3. The number of amides is 2. The summed E-state index contributed by atoms with van der Waals surface area (Å²) in [5.74, 6) is -2.96. The quantitative estimate of drug-likeness (QED) is 0.109. The van der Waals surface area contributed by atoms with E-state index in [2.05, 4.69) is 26.0 Å². The van der Waals surface area contributed by atoms with Gasteiger partial charge in [0, 0.05) is 30.7 Å². The van der Waals surface area contributed by atoms with E-state index in [1.165, 1.54) is 51.3 Å². The van der Waals surface area contributed by atoms with Crippen LogP contribution in [0.4, 0.5) is 0 Å². The van der Waals surface area contributed by atoms with E-state index in [-0.39, 0.29) is 40.1 Å². The summed E-state index contributed by atoms with van der Waals surface area (Å²) in [5, 5.41) is 37.3.